The lowest BCUT2D eigenvalue weighted by molar-refractivity contribution is -0.140. The summed E-state index contributed by atoms with van der Waals surface area (Å²) in [4.78, 5) is 10.7. The van der Waals surface area contributed by atoms with Crippen LogP contribution in [0.3, 0.4) is 0 Å². The van der Waals surface area contributed by atoms with Gasteiger partial charge in [-0.3, -0.25) is 4.79 Å². The second kappa shape index (κ2) is 1.84. The van der Waals surface area contributed by atoms with Crippen LogP contribution in [-0.4, -0.2) is 12.1 Å². The van der Waals surface area contributed by atoms with E-state index in [0.29, 0.717) is 12.3 Å². The lowest BCUT2D eigenvalue weighted by Crippen LogP contribution is -2.06. The molecule has 0 aromatic carbocycles. The van der Waals surface area contributed by atoms with E-state index >= 15 is 0 Å². The van der Waals surface area contributed by atoms with Crippen molar-refractivity contribution in [1.29, 1.82) is 0 Å². The molecule has 1 aliphatic carbocycles. The van der Waals surface area contributed by atoms with E-state index in [2.05, 4.69) is 13.0 Å². The lowest BCUT2D eigenvalue weighted by Gasteiger charge is -2.02. The second-order valence-corrected chi connectivity index (χ2v) is 3.14. The minimum Gasteiger partial charge on any atom is -0.458 e. The number of rotatable bonds is 0. The van der Waals surface area contributed by atoms with Crippen molar-refractivity contribution in [3.05, 3.63) is 11.6 Å². The van der Waals surface area contributed by atoms with Crippen LogP contribution in [0.15, 0.2) is 11.6 Å². The number of carbonyl (C=O) groups is 1. The predicted molar refractivity (Wildman–Crippen MR) is 36.4 cm³/mol. The van der Waals surface area contributed by atoms with E-state index in [9.17, 15) is 4.79 Å². The van der Waals surface area contributed by atoms with Gasteiger partial charge in [0, 0.05) is 5.92 Å². The summed E-state index contributed by atoms with van der Waals surface area (Å²) in [6, 6.07) is 0. The Hall–Kier alpha value is -0.790. The SMILES string of the molecule is CC1=C[C@@H]2OC(=O)C[C@@H]2C1. The summed E-state index contributed by atoms with van der Waals surface area (Å²) in [7, 11) is 0. The first kappa shape index (κ1) is 5.96. The van der Waals surface area contributed by atoms with E-state index in [1.165, 1.54) is 5.57 Å². The Bertz CT molecular complexity index is 205. The van der Waals surface area contributed by atoms with Crippen LogP contribution in [0.4, 0.5) is 0 Å². The van der Waals surface area contributed by atoms with E-state index in [1.807, 2.05) is 0 Å². The van der Waals surface area contributed by atoms with Crippen molar-refractivity contribution in [2.75, 3.05) is 0 Å². The van der Waals surface area contributed by atoms with Crippen LogP contribution in [0, 0.1) is 5.92 Å². The summed E-state index contributed by atoms with van der Waals surface area (Å²) >= 11 is 0. The third-order valence-electron chi connectivity index (χ3n) is 2.19. The molecule has 0 spiro atoms. The van der Waals surface area contributed by atoms with Gasteiger partial charge in [-0.15, -0.1) is 0 Å². The van der Waals surface area contributed by atoms with Crippen molar-refractivity contribution >= 4 is 5.97 Å². The van der Waals surface area contributed by atoms with Crippen LogP contribution in [0.1, 0.15) is 19.8 Å². The minimum atomic E-state index is -0.0289. The number of fused-ring (bicyclic) bond motifs is 1. The van der Waals surface area contributed by atoms with Gasteiger partial charge in [0.15, 0.2) is 0 Å². The van der Waals surface area contributed by atoms with Crippen LogP contribution in [0.5, 0.6) is 0 Å². The first-order valence-electron chi connectivity index (χ1n) is 3.62. The summed E-state index contributed by atoms with van der Waals surface area (Å²) in [5.41, 5.74) is 1.36. The zero-order valence-electron chi connectivity index (χ0n) is 5.96. The predicted octanol–water partition coefficient (Wildman–Crippen LogP) is 1.27. The number of ether oxygens (including phenoxy) is 1. The standard InChI is InChI=1S/C8H10O2/c1-5-2-6-4-8(9)10-7(6)3-5/h3,6-7H,2,4H2,1H3/t6-,7-/m0/s1. The lowest BCUT2D eigenvalue weighted by atomic mass is 10.0. The van der Waals surface area contributed by atoms with Crippen LogP contribution in [-0.2, 0) is 9.53 Å². The van der Waals surface area contributed by atoms with E-state index in [0.717, 1.165) is 6.42 Å². The number of allylic oxidation sites excluding steroid dienone is 1. The summed E-state index contributed by atoms with van der Waals surface area (Å²) in [5.74, 6) is 0.436. The molecule has 0 aromatic rings. The summed E-state index contributed by atoms with van der Waals surface area (Å²) in [6.07, 6.45) is 3.86. The molecule has 1 heterocycles. The molecule has 1 fully saturated rings. The maximum absolute atomic E-state index is 10.7. The van der Waals surface area contributed by atoms with E-state index in [1.54, 1.807) is 0 Å². The molecule has 0 unspecified atom stereocenters. The van der Waals surface area contributed by atoms with Crippen molar-refractivity contribution in [1.82, 2.24) is 0 Å². The van der Waals surface area contributed by atoms with E-state index in [4.69, 9.17) is 4.74 Å². The van der Waals surface area contributed by atoms with Crippen molar-refractivity contribution in [2.45, 2.75) is 25.9 Å². The molecule has 2 heteroatoms. The van der Waals surface area contributed by atoms with Gasteiger partial charge >= 0.3 is 5.97 Å². The number of carbonyl (C=O) groups excluding carboxylic acids is 1. The molecule has 2 atom stereocenters. The monoisotopic (exact) mass is 138 g/mol. The van der Waals surface area contributed by atoms with E-state index in [-0.39, 0.29) is 12.1 Å². The molecule has 54 valence electrons. The Labute approximate surface area is 59.9 Å². The summed E-state index contributed by atoms with van der Waals surface area (Å²) in [5, 5.41) is 0. The summed E-state index contributed by atoms with van der Waals surface area (Å²) in [6.45, 7) is 2.09. The molecule has 2 aliphatic rings. The van der Waals surface area contributed by atoms with Gasteiger partial charge in [-0.05, 0) is 19.4 Å². The van der Waals surface area contributed by atoms with Crippen LogP contribution >= 0.6 is 0 Å². The minimum absolute atomic E-state index is 0.0289. The van der Waals surface area contributed by atoms with Crippen molar-refractivity contribution in [3.63, 3.8) is 0 Å². The molecule has 0 amide bonds. The highest BCUT2D eigenvalue weighted by Crippen LogP contribution is 2.34. The maximum Gasteiger partial charge on any atom is 0.306 e. The third kappa shape index (κ3) is 0.753. The van der Waals surface area contributed by atoms with Crippen molar-refractivity contribution in [2.24, 2.45) is 5.92 Å². The first-order chi connectivity index (χ1) is 4.75. The van der Waals surface area contributed by atoms with Crippen molar-refractivity contribution < 1.29 is 9.53 Å². The molecule has 2 rings (SSSR count). The highest BCUT2D eigenvalue weighted by atomic mass is 16.5. The van der Waals surface area contributed by atoms with Gasteiger partial charge in [-0.25, -0.2) is 0 Å². The van der Waals surface area contributed by atoms with Crippen LogP contribution in [0.2, 0.25) is 0 Å². The largest absolute Gasteiger partial charge is 0.458 e. The molecule has 0 radical (unpaired) electrons. The Morgan fingerprint density at radius 3 is 3.10 bits per heavy atom. The van der Waals surface area contributed by atoms with Gasteiger partial charge in [-0.1, -0.05) is 5.57 Å². The second-order valence-electron chi connectivity index (χ2n) is 3.14. The zero-order valence-corrected chi connectivity index (χ0v) is 5.96. The van der Waals surface area contributed by atoms with Crippen LogP contribution in [0.25, 0.3) is 0 Å². The van der Waals surface area contributed by atoms with Crippen molar-refractivity contribution in [3.8, 4) is 0 Å². The fourth-order valence-corrected chi connectivity index (χ4v) is 1.75. The van der Waals surface area contributed by atoms with Gasteiger partial charge in [0.2, 0.25) is 0 Å². The summed E-state index contributed by atoms with van der Waals surface area (Å²) < 4.78 is 5.04. The fourth-order valence-electron chi connectivity index (χ4n) is 1.75. The molecule has 0 bridgehead atoms. The van der Waals surface area contributed by atoms with Gasteiger partial charge in [0.25, 0.3) is 0 Å². The molecular weight excluding hydrogens is 128 g/mol. The van der Waals surface area contributed by atoms with Gasteiger partial charge in [0.05, 0.1) is 6.42 Å². The van der Waals surface area contributed by atoms with Gasteiger partial charge in [0.1, 0.15) is 6.10 Å². The molecule has 0 N–H and O–H groups in total. The topological polar surface area (TPSA) is 26.3 Å². The molecule has 0 saturated carbocycles. The number of hydrogen-bond acceptors (Lipinski definition) is 2. The number of hydrogen-bond donors (Lipinski definition) is 0. The van der Waals surface area contributed by atoms with E-state index < -0.39 is 0 Å². The molecule has 1 aliphatic heterocycles. The highest BCUT2D eigenvalue weighted by molar-refractivity contribution is 5.73. The smallest absolute Gasteiger partial charge is 0.306 e. The molecule has 10 heavy (non-hydrogen) atoms. The fraction of sp³-hybridized carbons (Fsp3) is 0.625. The van der Waals surface area contributed by atoms with Gasteiger partial charge in [-0.2, -0.15) is 0 Å². The number of esters is 1. The third-order valence-corrected chi connectivity index (χ3v) is 2.19. The zero-order chi connectivity index (χ0) is 7.14. The molecular formula is C8H10O2. The Kier molecular flexibility index (Phi) is 1.10. The molecule has 1 saturated heterocycles. The quantitative estimate of drug-likeness (QED) is 0.372. The molecule has 2 nitrogen and oxygen atoms in total. The maximum atomic E-state index is 10.7. The Morgan fingerprint density at radius 1 is 1.60 bits per heavy atom. The average Bonchev–Trinajstić information content (AvgIpc) is 2.21. The average molecular weight is 138 g/mol. The Morgan fingerprint density at radius 2 is 2.40 bits per heavy atom. The highest BCUT2D eigenvalue weighted by Gasteiger charge is 2.36. The van der Waals surface area contributed by atoms with Crippen LogP contribution < -0.4 is 0 Å². The van der Waals surface area contributed by atoms with Gasteiger partial charge < -0.3 is 4.74 Å². The normalized spacial score (nSPS) is 37.3. The Balaban J connectivity index is 2.17. The molecule has 0 aromatic heterocycles. The first-order valence-corrected chi connectivity index (χ1v) is 3.62.